The van der Waals surface area contributed by atoms with Crippen molar-refractivity contribution in [2.45, 2.75) is 11.8 Å². The van der Waals surface area contributed by atoms with Gasteiger partial charge < -0.3 is 4.98 Å². The first kappa shape index (κ1) is 15.6. The minimum atomic E-state index is -4.19. The molecule has 3 N–H and O–H groups in total. The third kappa shape index (κ3) is 3.29. The Morgan fingerprint density at radius 1 is 1.10 bits per heavy atom. The van der Waals surface area contributed by atoms with E-state index in [4.69, 9.17) is 23.2 Å². The summed E-state index contributed by atoms with van der Waals surface area (Å²) in [5.74, 6) is 0. The van der Waals surface area contributed by atoms with Crippen molar-refractivity contribution in [1.82, 2.24) is 9.97 Å². The van der Waals surface area contributed by atoms with Crippen LogP contribution in [0.3, 0.4) is 0 Å². The Bertz CT molecular complexity index is 918. The lowest BCUT2D eigenvalue weighted by molar-refractivity contribution is 0.598. The lowest BCUT2D eigenvalue weighted by Gasteiger charge is -2.09. The molecule has 0 radical (unpaired) electrons. The zero-order valence-electron chi connectivity index (χ0n) is 10.5. The molecule has 0 saturated carbocycles. The Hall–Kier alpha value is -1.77. The van der Waals surface area contributed by atoms with E-state index in [1.807, 2.05) is 4.98 Å². The first-order valence-corrected chi connectivity index (χ1v) is 7.75. The monoisotopic (exact) mass is 349 g/mol. The molecular formula is C11H9Cl2N3O4S. The van der Waals surface area contributed by atoms with Crippen molar-refractivity contribution < 1.29 is 8.42 Å². The van der Waals surface area contributed by atoms with Crippen molar-refractivity contribution in [2.24, 2.45) is 0 Å². The van der Waals surface area contributed by atoms with Crippen LogP contribution in [-0.2, 0) is 10.0 Å². The van der Waals surface area contributed by atoms with Gasteiger partial charge in [0.2, 0.25) is 0 Å². The molecule has 0 spiro atoms. The molecule has 7 nitrogen and oxygen atoms in total. The third-order valence-electron chi connectivity index (χ3n) is 2.52. The molecule has 10 heteroatoms. The quantitative estimate of drug-likeness (QED) is 0.778. The summed E-state index contributed by atoms with van der Waals surface area (Å²) in [7, 11) is -4.19. The minimum absolute atomic E-state index is 0.0729. The Morgan fingerprint density at radius 2 is 1.76 bits per heavy atom. The maximum atomic E-state index is 12.2. The van der Waals surface area contributed by atoms with Crippen LogP contribution in [-0.4, -0.2) is 18.4 Å². The summed E-state index contributed by atoms with van der Waals surface area (Å²) in [4.78, 5) is 26.2. The van der Waals surface area contributed by atoms with Gasteiger partial charge in [-0.3, -0.25) is 14.5 Å². The van der Waals surface area contributed by atoms with Crippen molar-refractivity contribution >= 4 is 38.9 Å². The van der Waals surface area contributed by atoms with E-state index < -0.39 is 26.2 Å². The maximum absolute atomic E-state index is 12.2. The highest BCUT2D eigenvalue weighted by molar-refractivity contribution is 7.92. The molecule has 2 aromatic rings. The van der Waals surface area contributed by atoms with Crippen molar-refractivity contribution in [1.29, 1.82) is 0 Å². The molecule has 1 aromatic carbocycles. The van der Waals surface area contributed by atoms with Gasteiger partial charge in [-0.05, 0) is 25.1 Å². The smallest absolute Gasteiger partial charge is 0.310 e. The predicted molar refractivity (Wildman–Crippen MR) is 79.7 cm³/mol. The SMILES string of the molecule is Cc1[nH]c(=O)[nH]c(=O)c1S(=O)(=O)Nc1ccc(Cl)c(Cl)c1. The molecule has 1 aromatic heterocycles. The normalized spacial score (nSPS) is 11.4. The average molecular weight is 350 g/mol. The minimum Gasteiger partial charge on any atom is -0.310 e. The summed E-state index contributed by atoms with van der Waals surface area (Å²) in [6.45, 7) is 1.31. The topological polar surface area (TPSA) is 112 Å². The van der Waals surface area contributed by atoms with Crippen LogP contribution in [0.15, 0.2) is 32.7 Å². The second-order valence-electron chi connectivity index (χ2n) is 4.10. The molecule has 0 fully saturated rings. The number of H-pyrrole nitrogens is 2. The first-order valence-electron chi connectivity index (χ1n) is 5.52. The van der Waals surface area contributed by atoms with Gasteiger partial charge in [-0.2, -0.15) is 0 Å². The van der Waals surface area contributed by atoms with E-state index in [1.54, 1.807) is 0 Å². The summed E-state index contributed by atoms with van der Waals surface area (Å²) in [6.07, 6.45) is 0. The zero-order valence-corrected chi connectivity index (χ0v) is 12.9. The van der Waals surface area contributed by atoms with Crippen molar-refractivity contribution in [3.05, 3.63) is 54.8 Å². The van der Waals surface area contributed by atoms with Crippen molar-refractivity contribution in [2.75, 3.05) is 4.72 Å². The molecule has 0 bridgehead atoms. The molecule has 0 atom stereocenters. The van der Waals surface area contributed by atoms with E-state index in [2.05, 4.69) is 9.71 Å². The van der Waals surface area contributed by atoms with E-state index in [9.17, 15) is 18.0 Å². The number of benzene rings is 1. The fourth-order valence-electron chi connectivity index (χ4n) is 1.68. The Labute approximate surface area is 129 Å². The van der Waals surface area contributed by atoms with Crippen LogP contribution in [0.2, 0.25) is 10.0 Å². The van der Waals surface area contributed by atoms with E-state index in [0.717, 1.165) is 0 Å². The van der Waals surface area contributed by atoms with Gasteiger partial charge >= 0.3 is 5.69 Å². The first-order chi connectivity index (χ1) is 9.70. The van der Waals surface area contributed by atoms with Gasteiger partial charge in [0.15, 0.2) is 4.90 Å². The van der Waals surface area contributed by atoms with Gasteiger partial charge in [0.1, 0.15) is 0 Å². The van der Waals surface area contributed by atoms with Crippen LogP contribution in [0.1, 0.15) is 5.69 Å². The second-order valence-corrected chi connectivity index (χ2v) is 6.53. The number of aromatic nitrogens is 2. The highest BCUT2D eigenvalue weighted by atomic mass is 35.5. The molecule has 112 valence electrons. The highest BCUT2D eigenvalue weighted by Crippen LogP contribution is 2.26. The molecule has 0 unspecified atom stereocenters. The average Bonchev–Trinajstić information content (AvgIpc) is 2.31. The summed E-state index contributed by atoms with van der Waals surface area (Å²) in [6, 6.07) is 4.10. The predicted octanol–water partition coefficient (Wildman–Crippen LogP) is 1.48. The Balaban J connectivity index is 2.51. The second kappa shape index (κ2) is 5.55. The number of halogens is 2. The largest absolute Gasteiger partial charge is 0.325 e. The van der Waals surface area contributed by atoms with Gasteiger partial charge in [-0.1, -0.05) is 23.2 Å². The van der Waals surface area contributed by atoms with E-state index >= 15 is 0 Å². The molecule has 0 aliphatic carbocycles. The molecule has 21 heavy (non-hydrogen) atoms. The summed E-state index contributed by atoms with van der Waals surface area (Å²) < 4.78 is 26.6. The molecule has 0 saturated heterocycles. The number of aryl methyl sites for hydroxylation is 1. The van der Waals surface area contributed by atoms with Gasteiger partial charge in [0, 0.05) is 5.69 Å². The zero-order chi connectivity index (χ0) is 15.8. The van der Waals surface area contributed by atoms with Gasteiger partial charge in [-0.15, -0.1) is 0 Å². The Kier molecular flexibility index (Phi) is 4.13. The molecule has 0 amide bonds. The summed E-state index contributed by atoms with van der Waals surface area (Å²) in [5, 5.41) is 0.418. The number of aromatic amines is 2. The Morgan fingerprint density at radius 3 is 2.33 bits per heavy atom. The lowest BCUT2D eigenvalue weighted by atomic mass is 10.3. The van der Waals surface area contributed by atoms with Crippen LogP contribution in [0, 0.1) is 6.92 Å². The van der Waals surface area contributed by atoms with Gasteiger partial charge in [-0.25, -0.2) is 13.2 Å². The van der Waals surface area contributed by atoms with Crippen LogP contribution in [0.4, 0.5) is 5.69 Å². The lowest BCUT2D eigenvalue weighted by Crippen LogP contribution is -2.31. The van der Waals surface area contributed by atoms with Crippen molar-refractivity contribution in [3.8, 4) is 0 Å². The van der Waals surface area contributed by atoms with Crippen molar-refractivity contribution in [3.63, 3.8) is 0 Å². The fourth-order valence-corrected chi connectivity index (χ4v) is 3.26. The number of rotatable bonds is 3. The van der Waals surface area contributed by atoms with E-state index in [1.165, 1.54) is 25.1 Å². The van der Waals surface area contributed by atoms with E-state index in [0.29, 0.717) is 0 Å². The third-order valence-corrected chi connectivity index (χ3v) is 4.79. The van der Waals surface area contributed by atoms with Gasteiger partial charge in [0.25, 0.3) is 15.6 Å². The van der Waals surface area contributed by atoms with Gasteiger partial charge in [0.05, 0.1) is 15.7 Å². The highest BCUT2D eigenvalue weighted by Gasteiger charge is 2.22. The number of hydrogen-bond donors (Lipinski definition) is 3. The number of hydrogen-bond acceptors (Lipinski definition) is 4. The molecule has 0 aliphatic heterocycles. The fraction of sp³-hybridized carbons (Fsp3) is 0.0909. The number of sulfonamides is 1. The standard InChI is InChI=1S/C11H9Cl2N3O4S/c1-5-9(10(17)15-11(18)14-5)21(19,20)16-6-2-3-7(12)8(13)4-6/h2-4,16H,1H3,(H2,14,15,17,18). The maximum Gasteiger partial charge on any atom is 0.325 e. The summed E-state index contributed by atoms with van der Waals surface area (Å²) >= 11 is 11.5. The van der Waals surface area contributed by atoms with Crippen LogP contribution < -0.4 is 16.0 Å². The molecule has 1 heterocycles. The van der Waals surface area contributed by atoms with Crippen LogP contribution >= 0.6 is 23.2 Å². The molecule has 0 aliphatic rings. The van der Waals surface area contributed by atoms with Crippen LogP contribution in [0.5, 0.6) is 0 Å². The van der Waals surface area contributed by atoms with E-state index in [-0.39, 0.29) is 21.4 Å². The number of anilines is 1. The van der Waals surface area contributed by atoms with Crippen LogP contribution in [0.25, 0.3) is 0 Å². The number of nitrogens with one attached hydrogen (secondary N) is 3. The molecular weight excluding hydrogens is 341 g/mol. The molecule has 2 rings (SSSR count). The summed E-state index contributed by atoms with van der Waals surface area (Å²) in [5.41, 5.74) is -1.74.